The third-order valence-corrected chi connectivity index (χ3v) is 2.04. The lowest BCUT2D eigenvalue weighted by Crippen LogP contribution is -2.23. The molecular weight excluding hydrogens is 182 g/mol. The average molecular weight is 197 g/mol. The zero-order valence-corrected chi connectivity index (χ0v) is 9.03. The lowest BCUT2D eigenvalue weighted by Gasteiger charge is -2.16. The highest BCUT2D eigenvalue weighted by molar-refractivity contribution is 5.15. The molecule has 1 aromatic carbocycles. The molecule has 1 nitrogen and oxygen atoms in total. The number of terminal acetylenes is 1. The number of hydrogen-bond donors (Lipinski definition) is 0. The van der Waals surface area contributed by atoms with Crippen molar-refractivity contribution in [2.24, 2.45) is 0 Å². The molecule has 0 atom stereocenters. The number of benzene rings is 1. The van der Waals surface area contributed by atoms with Crippen LogP contribution >= 0.6 is 0 Å². The Kier molecular flexibility index (Phi) is 5.09. The van der Waals surface area contributed by atoms with E-state index in [1.165, 1.54) is 5.56 Å². The molecule has 0 fully saturated rings. The van der Waals surface area contributed by atoms with E-state index in [2.05, 4.69) is 34.8 Å². The van der Waals surface area contributed by atoms with E-state index in [0.717, 1.165) is 13.1 Å². The molecule has 15 heavy (non-hydrogen) atoms. The standard InChI is InChI=1S/C14H15N/c1-3-5-12-15(11-4-2)13-14-9-7-6-8-10-14/h2,6-10H,11-13H2,1H3. The minimum atomic E-state index is 0.642. The fraction of sp³-hybridized carbons (Fsp3) is 0.286. The van der Waals surface area contributed by atoms with E-state index in [4.69, 9.17) is 6.42 Å². The third-order valence-electron chi connectivity index (χ3n) is 2.04. The molecule has 0 N–H and O–H groups in total. The van der Waals surface area contributed by atoms with Crippen LogP contribution in [0.4, 0.5) is 0 Å². The normalized spacial score (nSPS) is 9.13. The first kappa shape index (κ1) is 11.4. The monoisotopic (exact) mass is 197 g/mol. The molecule has 0 heterocycles. The second-order valence-electron chi connectivity index (χ2n) is 3.26. The summed E-state index contributed by atoms with van der Waals surface area (Å²) in [6.07, 6.45) is 5.31. The second-order valence-corrected chi connectivity index (χ2v) is 3.26. The molecule has 1 aromatic rings. The number of hydrogen-bond acceptors (Lipinski definition) is 1. The van der Waals surface area contributed by atoms with E-state index < -0.39 is 0 Å². The van der Waals surface area contributed by atoms with E-state index in [-0.39, 0.29) is 0 Å². The molecule has 0 bridgehead atoms. The first-order valence-corrected chi connectivity index (χ1v) is 4.96. The third kappa shape index (κ3) is 4.36. The Morgan fingerprint density at radius 1 is 1.20 bits per heavy atom. The predicted molar refractivity (Wildman–Crippen MR) is 64.0 cm³/mol. The highest BCUT2D eigenvalue weighted by atomic mass is 15.1. The maximum Gasteiger partial charge on any atom is 0.0613 e. The van der Waals surface area contributed by atoms with Gasteiger partial charge in [0.25, 0.3) is 0 Å². The van der Waals surface area contributed by atoms with E-state index in [1.807, 2.05) is 25.1 Å². The van der Waals surface area contributed by atoms with Gasteiger partial charge in [0.05, 0.1) is 13.1 Å². The zero-order chi connectivity index (χ0) is 10.9. The quantitative estimate of drug-likeness (QED) is 0.668. The van der Waals surface area contributed by atoms with Gasteiger partial charge in [0.1, 0.15) is 0 Å². The van der Waals surface area contributed by atoms with Crippen LogP contribution in [-0.4, -0.2) is 18.0 Å². The van der Waals surface area contributed by atoms with Gasteiger partial charge in [-0.25, -0.2) is 0 Å². The van der Waals surface area contributed by atoms with Crippen molar-refractivity contribution in [1.82, 2.24) is 4.90 Å². The lowest BCUT2D eigenvalue weighted by atomic mass is 10.2. The molecule has 0 saturated carbocycles. The summed E-state index contributed by atoms with van der Waals surface area (Å²) in [7, 11) is 0. The number of rotatable bonds is 4. The maximum atomic E-state index is 5.31. The summed E-state index contributed by atoms with van der Waals surface area (Å²) in [5.41, 5.74) is 1.27. The van der Waals surface area contributed by atoms with E-state index >= 15 is 0 Å². The van der Waals surface area contributed by atoms with Crippen LogP contribution in [0.25, 0.3) is 0 Å². The molecule has 0 aromatic heterocycles. The summed E-state index contributed by atoms with van der Waals surface area (Å²) < 4.78 is 0. The Morgan fingerprint density at radius 3 is 2.53 bits per heavy atom. The van der Waals surface area contributed by atoms with Crippen LogP contribution in [0.1, 0.15) is 12.5 Å². The fourth-order valence-electron chi connectivity index (χ4n) is 1.33. The Labute approximate surface area is 92.1 Å². The van der Waals surface area contributed by atoms with E-state index in [9.17, 15) is 0 Å². The highest BCUT2D eigenvalue weighted by Crippen LogP contribution is 2.03. The van der Waals surface area contributed by atoms with Gasteiger partial charge in [-0.2, -0.15) is 0 Å². The van der Waals surface area contributed by atoms with Gasteiger partial charge >= 0.3 is 0 Å². The van der Waals surface area contributed by atoms with Crippen molar-refractivity contribution in [3.8, 4) is 24.2 Å². The van der Waals surface area contributed by atoms with Crippen molar-refractivity contribution in [2.45, 2.75) is 13.5 Å². The summed E-state index contributed by atoms with van der Waals surface area (Å²) in [6.45, 7) is 4.08. The van der Waals surface area contributed by atoms with Gasteiger partial charge < -0.3 is 0 Å². The van der Waals surface area contributed by atoms with Crippen molar-refractivity contribution in [1.29, 1.82) is 0 Å². The molecule has 0 saturated heterocycles. The van der Waals surface area contributed by atoms with Gasteiger partial charge in [-0.3, -0.25) is 4.90 Å². The van der Waals surface area contributed by atoms with Crippen LogP contribution < -0.4 is 0 Å². The van der Waals surface area contributed by atoms with Crippen LogP contribution in [0.15, 0.2) is 30.3 Å². The molecule has 1 heteroatoms. The molecule has 0 unspecified atom stereocenters. The summed E-state index contributed by atoms with van der Waals surface area (Å²) in [6, 6.07) is 10.3. The minimum absolute atomic E-state index is 0.642. The molecule has 0 spiro atoms. The van der Waals surface area contributed by atoms with Crippen LogP contribution in [0, 0.1) is 24.2 Å². The molecule has 0 aliphatic heterocycles. The first-order chi connectivity index (χ1) is 7.36. The molecular formula is C14H15N. The van der Waals surface area contributed by atoms with Crippen LogP contribution in [-0.2, 0) is 6.54 Å². The van der Waals surface area contributed by atoms with Crippen molar-refractivity contribution >= 4 is 0 Å². The van der Waals surface area contributed by atoms with Crippen molar-refractivity contribution in [2.75, 3.05) is 13.1 Å². The average Bonchev–Trinajstić information content (AvgIpc) is 2.28. The Hall–Kier alpha value is -1.70. The summed E-state index contributed by atoms with van der Waals surface area (Å²) in [5, 5.41) is 0. The topological polar surface area (TPSA) is 3.24 Å². The lowest BCUT2D eigenvalue weighted by molar-refractivity contribution is 0.338. The van der Waals surface area contributed by atoms with Crippen LogP contribution in [0.2, 0.25) is 0 Å². The fourth-order valence-corrected chi connectivity index (χ4v) is 1.33. The summed E-state index contributed by atoms with van der Waals surface area (Å²) >= 11 is 0. The van der Waals surface area contributed by atoms with Crippen LogP contribution in [0.3, 0.4) is 0 Å². The van der Waals surface area contributed by atoms with Gasteiger partial charge in [-0.1, -0.05) is 42.2 Å². The molecule has 0 aliphatic carbocycles. The summed E-state index contributed by atoms with van der Waals surface area (Å²) in [4.78, 5) is 2.14. The van der Waals surface area contributed by atoms with Gasteiger partial charge in [-0.05, 0) is 12.5 Å². The molecule has 76 valence electrons. The van der Waals surface area contributed by atoms with Gasteiger partial charge in [0.2, 0.25) is 0 Å². The predicted octanol–water partition coefficient (Wildman–Crippen LogP) is 2.15. The maximum absolute atomic E-state index is 5.31. The minimum Gasteiger partial charge on any atom is -0.277 e. The molecule has 0 amide bonds. The van der Waals surface area contributed by atoms with Crippen LogP contribution in [0.5, 0.6) is 0 Å². The highest BCUT2D eigenvalue weighted by Gasteiger charge is 2.01. The largest absolute Gasteiger partial charge is 0.277 e. The zero-order valence-electron chi connectivity index (χ0n) is 9.03. The molecule has 1 rings (SSSR count). The Balaban J connectivity index is 2.57. The van der Waals surface area contributed by atoms with Crippen molar-refractivity contribution < 1.29 is 0 Å². The summed E-state index contributed by atoms with van der Waals surface area (Å²) in [5.74, 6) is 8.57. The molecule has 0 aliphatic rings. The number of nitrogens with zero attached hydrogens (tertiary/aromatic N) is 1. The van der Waals surface area contributed by atoms with E-state index in [0.29, 0.717) is 6.54 Å². The smallest absolute Gasteiger partial charge is 0.0613 e. The van der Waals surface area contributed by atoms with Crippen molar-refractivity contribution in [3.63, 3.8) is 0 Å². The van der Waals surface area contributed by atoms with Gasteiger partial charge in [-0.15, -0.1) is 12.3 Å². The Morgan fingerprint density at radius 2 is 1.93 bits per heavy atom. The molecule has 0 radical (unpaired) electrons. The van der Waals surface area contributed by atoms with E-state index in [1.54, 1.807) is 0 Å². The first-order valence-electron chi connectivity index (χ1n) is 4.96. The SMILES string of the molecule is C#CCN(CC#CC)Cc1ccccc1. The van der Waals surface area contributed by atoms with Gasteiger partial charge in [0.15, 0.2) is 0 Å². The second kappa shape index (κ2) is 6.71. The van der Waals surface area contributed by atoms with Crippen molar-refractivity contribution in [3.05, 3.63) is 35.9 Å². The Bertz CT molecular complexity index is 375. The van der Waals surface area contributed by atoms with Gasteiger partial charge in [0, 0.05) is 6.54 Å².